The molecule has 2 aromatic carbocycles. The van der Waals surface area contributed by atoms with Gasteiger partial charge in [-0.25, -0.2) is 23.2 Å². The number of carbonyl (C=O) groups is 1. The average molecular weight is 521 g/mol. The maximum Gasteiger partial charge on any atom is 0.421 e. The summed E-state index contributed by atoms with van der Waals surface area (Å²) in [6, 6.07) is 15.8. The van der Waals surface area contributed by atoms with Crippen LogP contribution in [0.4, 0.5) is 4.79 Å². The molecule has 0 saturated heterocycles. The minimum atomic E-state index is -4.27. The summed E-state index contributed by atoms with van der Waals surface area (Å²) in [6.45, 7) is 11.1. The zero-order chi connectivity index (χ0) is 27.1. The topological polar surface area (TPSA) is 105 Å². The van der Waals surface area contributed by atoms with Crippen LogP contribution < -0.4 is 0 Å². The third-order valence-corrected chi connectivity index (χ3v) is 8.43. The molecule has 0 unspecified atom stereocenters. The van der Waals surface area contributed by atoms with Gasteiger partial charge in [0.15, 0.2) is 5.65 Å². The predicted molar refractivity (Wildman–Crippen MR) is 144 cm³/mol. The third-order valence-electron chi connectivity index (χ3n) is 6.43. The highest BCUT2D eigenvalue weighted by Crippen LogP contribution is 2.30. The molecule has 0 aliphatic rings. The largest absolute Gasteiger partial charge is 0.464 e. The lowest BCUT2D eigenvalue weighted by Gasteiger charge is -2.35. The second kappa shape index (κ2) is 9.63. The van der Waals surface area contributed by atoms with Crippen molar-refractivity contribution in [2.45, 2.75) is 64.8 Å². The molecule has 9 heteroatoms. The first-order valence-electron chi connectivity index (χ1n) is 12.1. The van der Waals surface area contributed by atoms with Crippen LogP contribution in [0.5, 0.6) is 0 Å². The number of amides is 1. The number of nitrogens with zero attached hydrogens (tertiary/aromatic N) is 4. The smallest absolute Gasteiger partial charge is 0.421 e. The van der Waals surface area contributed by atoms with Gasteiger partial charge in [-0.15, -0.1) is 0 Å². The Bertz CT molecular complexity index is 1570. The highest BCUT2D eigenvalue weighted by Gasteiger charge is 2.41. The van der Waals surface area contributed by atoms with Gasteiger partial charge in [0.25, 0.3) is 10.0 Å². The van der Waals surface area contributed by atoms with Crippen molar-refractivity contribution in [1.82, 2.24) is 18.8 Å². The maximum atomic E-state index is 13.3. The monoisotopic (exact) mass is 520 g/mol. The average Bonchev–Trinajstić information content (AvgIpc) is 3.17. The Morgan fingerprint density at radius 2 is 1.62 bits per heavy atom. The molecule has 2 heterocycles. The molecule has 4 aromatic rings. The van der Waals surface area contributed by atoms with Crippen LogP contribution in [0.25, 0.3) is 16.9 Å². The van der Waals surface area contributed by atoms with E-state index < -0.39 is 21.7 Å². The number of aromatic nitrogens is 3. The SMILES string of the molecule is CCc1nc2c(C)cc(C)nc2n1-c1ccc(CC(C)(C)N(C(=O)O)S(=O)(=O)c2ccc(C)cc2)cc1. The van der Waals surface area contributed by atoms with Gasteiger partial charge in [-0.05, 0) is 82.5 Å². The normalized spacial score (nSPS) is 12.2. The van der Waals surface area contributed by atoms with Crippen molar-refractivity contribution >= 4 is 27.3 Å². The highest BCUT2D eigenvalue weighted by atomic mass is 32.2. The van der Waals surface area contributed by atoms with E-state index in [2.05, 4.69) is 0 Å². The number of aryl methyl sites for hydroxylation is 4. The van der Waals surface area contributed by atoms with Crippen LogP contribution in [0.1, 0.15) is 49.0 Å². The van der Waals surface area contributed by atoms with Gasteiger partial charge >= 0.3 is 6.09 Å². The van der Waals surface area contributed by atoms with Gasteiger partial charge in [0, 0.05) is 17.8 Å². The molecule has 0 radical (unpaired) electrons. The molecule has 0 spiro atoms. The molecule has 0 aliphatic carbocycles. The van der Waals surface area contributed by atoms with Gasteiger partial charge in [-0.1, -0.05) is 36.8 Å². The van der Waals surface area contributed by atoms with Gasteiger partial charge in [-0.3, -0.25) is 4.57 Å². The molecule has 2 aromatic heterocycles. The summed E-state index contributed by atoms with van der Waals surface area (Å²) in [5.74, 6) is 0.894. The lowest BCUT2D eigenvalue weighted by Crippen LogP contribution is -2.51. The van der Waals surface area contributed by atoms with Crippen molar-refractivity contribution in [2.75, 3.05) is 0 Å². The summed E-state index contributed by atoms with van der Waals surface area (Å²) < 4.78 is 29.2. The van der Waals surface area contributed by atoms with E-state index in [1.165, 1.54) is 12.1 Å². The molecule has 8 nitrogen and oxygen atoms in total. The predicted octanol–water partition coefficient (Wildman–Crippen LogP) is 5.60. The van der Waals surface area contributed by atoms with Crippen molar-refractivity contribution in [3.8, 4) is 5.69 Å². The second-order valence-corrected chi connectivity index (χ2v) is 11.8. The van der Waals surface area contributed by atoms with E-state index in [1.54, 1.807) is 26.0 Å². The number of carboxylic acid groups (broad SMARTS) is 1. The van der Waals surface area contributed by atoms with Gasteiger partial charge in [0.05, 0.1) is 10.4 Å². The minimum absolute atomic E-state index is 0.0545. The number of benzene rings is 2. The first-order valence-corrected chi connectivity index (χ1v) is 13.6. The van der Waals surface area contributed by atoms with Crippen LogP contribution in [0.3, 0.4) is 0 Å². The third kappa shape index (κ3) is 4.96. The molecule has 1 amide bonds. The fraction of sp³-hybridized carbons (Fsp3) is 0.321. The Labute approximate surface area is 217 Å². The van der Waals surface area contributed by atoms with Gasteiger partial charge in [-0.2, -0.15) is 4.31 Å². The first-order chi connectivity index (χ1) is 17.3. The fourth-order valence-corrected chi connectivity index (χ4v) is 6.36. The molecular weight excluding hydrogens is 488 g/mol. The summed E-state index contributed by atoms with van der Waals surface area (Å²) in [5, 5.41) is 9.94. The van der Waals surface area contributed by atoms with Crippen LogP contribution in [0.15, 0.2) is 59.5 Å². The van der Waals surface area contributed by atoms with Crippen LogP contribution >= 0.6 is 0 Å². The van der Waals surface area contributed by atoms with Crippen LogP contribution in [-0.4, -0.2) is 44.0 Å². The Morgan fingerprint density at radius 1 is 1.00 bits per heavy atom. The van der Waals surface area contributed by atoms with Crippen LogP contribution in [0.2, 0.25) is 0 Å². The summed E-state index contributed by atoms with van der Waals surface area (Å²) in [4.78, 5) is 21.7. The number of fused-ring (bicyclic) bond motifs is 1. The molecule has 1 N–H and O–H groups in total. The quantitative estimate of drug-likeness (QED) is 0.340. The molecule has 0 saturated carbocycles. The fourth-order valence-electron chi connectivity index (χ4n) is 4.75. The standard InChI is InChI=1S/C28H32N4O4S/c1-7-24-30-25-19(3)16-20(4)29-26(25)31(24)22-12-10-21(11-13-22)17-28(5,6)32(27(33)34)37(35,36)23-14-8-18(2)9-15-23/h8-16H,7,17H2,1-6H3,(H,33,34). The first kappa shape index (κ1) is 26.3. The van der Waals surface area contributed by atoms with Gasteiger partial charge < -0.3 is 5.11 Å². The van der Waals surface area contributed by atoms with E-state index in [0.29, 0.717) is 4.31 Å². The number of hydrogen-bond donors (Lipinski definition) is 1. The van der Waals surface area contributed by atoms with E-state index in [-0.39, 0.29) is 11.3 Å². The number of rotatable bonds is 7. The number of pyridine rings is 1. The van der Waals surface area contributed by atoms with Crippen molar-refractivity contribution < 1.29 is 18.3 Å². The molecule has 37 heavy (non-hydrogen) atoms. The Morgan fingerprint density at radius 3 is 2.19 bits per heavy atom. The molecule has 0 fully saturated rings. The lowest BCUT2D eigenvalue weighted by atomic mass is 9.95. The molecule has 4 rings (SSSR count). The summed E-state index contributed by atoms with van der Waals surface area (Å²) in [5.41, 5.74) is 4.99. The summed E-state index contributed by atoms with van der Waals surface area (Å²) >= 11 is 0. The van der Waals surface area contributed by atoms with Crippen molar-refractivity contribution in [1.29, 1.82) is 0 Å². The second-order valence-electron chi connectivity index (χ2n) is 9.99. The van der Waals surface area contributed by atoms with Crippen molar-refractivity contribution in [3.05, 3.63) is 82.8 Å². The Balaban J connectivity index is 1.68. The number of sulfonamides is 1. The van der Waals surface area contributed by atoms with E-state index in [4.69, 9.17) is 9.97 Å². The van der Waals surface area contributed by atoms with E-state index in [1.807, 2.05) is 62.6 Å². The lowest BCUT2D eigenvalue weighted by molar-refractivity contribution is 0.140. The molecule has 0 bridgehead atoms. The van der Waals surface area contributed by atoms with Gasteiger partial charge in [0.1, 0.15) is 11.3 Å². The van der Waals surface area contributed by atoms with E-state index in [0.717, 1.165) is 51.5 Å². The number of hydrogen-bond acceptors (Lipinski definition) is 5. The van der Waals surface area contributed by atoms with E-state index in [9.17, 15) is 18.3 Å². The zero-order valence-corrected chi connectivity index (χ0v) is 22.8. The van der Waals surface area contributed by atoms with Crippen molar-refractivity contribution in [3.63, 3.8) is 0 Å². The summed E-state index contributed by atoms with van der Waals surface area (Å²) in [7, 11) is -4.27. The molecular formula is C28H32N4O4S. The Kier molecular flexibility index (Phi) is 6.85. The molecule has 194 valence electrons. The van der Waals surface area contributed by atoms with Crippen LogP contribution in [0, 0.1) is 20.8 Å². The summed E-state index contributed by atoms with van der Waals surface area (Å²) in [6.07, 6.45) is -0.586. The highest BCUT2D eigenvalue weighted by molar-refractivity contribution is 7.89. The van der Waals surface area contributed by atoms with Gasteiger partial charge in [0.2, 0.25) is 0 Å². The molecule has 0 aliphatic heterocycles. The number of imidazole rings is 1. The maximum absolute atomic E-state index is 13.3. The van der Waals surface area contributed by atoms with Crippen molar-refractivity contribution in [2.24, 2.45) is 0 Å². The zero-order valence-electron chi connectivity index (χ0n) is 22.0. The Hall–Kier alpha value is -3.72. The molecule has 0 atom stereocenters. The van der Waals surface area contributed by atoms with E-state index >= 15 is 0 Å². The minimum Gasteiger partial charge on any atom is -0.464 e. The van der Waals surface area contributed by atoms with Crippen LogP contribution in [-0.2, 0) is 22.9 Å².